The molecule has 1 aliphatic heterocycles. The van der Waals surface area contributed by atoms with Crippen molar-refractivity contribution in [1.29, 1.82) is 0 Å². The van der Waals surface area contributed by atoms with Gasteiger partial charge in [0.05, 0.1) is 24.9 Å². The maximum atomic E-state index is 14.0. The summed E-state index contributed by atoms with van der Waals surface area (Å²) in [5, 5.41) is 64.2. The van der Waals surface area contributed by atoms with Crippen molar-refractivity contribution < 1.29 is 73.5 Å². The van der Waals surface area contributed by atoms with Gasteiger partial charge in [-0.2, -0.15) is 0 Å². The van der Waals surface area contributed by atoms with Gasteiger partial charge in [-0.25, -0.2) is 4.79 Å². The lowest BCUT2D eigenvalue weighted by atomic mass is 10.0. The molecule has 25 heteroatoms. The van der Waals surface area contributed by atoms with Gasteiger partial charge in [0.25, 0.3) is 0 Å². The van der Waals surface area contributed by atoms with Crippen LogP contribution in [0.25, 0.3) is 0 Å². The van der Waals surface area contributed by atoms with Crippen LogP contribution in [0.2, 0.25) is 0 Å². The van der Waals surface area contributed by atoms with Gasteiger partial charge in [-0.1, -0.05) is 26.0 Å². The molecule has 368 valence electrons. The summed E-state index contributed by atoms with van der Waals surface area (Å²) in [5.74, 6) is -10.3. The zero-order chi connectivity index (χ0) is 50.0. The predicted octanol–water partition coefficient (Wildman–Crippen LogP) is -5.42. The molecule has 1 aromatic rings. The van der Waals surface area contributed by atoms with Crippen molar-refractivity contribution in [2.75, 3.05) is 13.2 Å². The number of phenols is 1. The fraction of sp³-hybridized carbons (Fsp3) is 0.610. The number of carboxylic acids is 1. The number of aliphatic hydroxyl groups excluding tert-OH is 3. The van der Waals surface area contributed by atoms with Gasteiger partial charge in [0.1, 0.15) is 42.0 Å². The second kappa shape index (κ2) is 26.5. The quantitative estimate of drug-likeness (QED) is 0.0391. The minimum Gasteiger partial charge on any atom is -0.508 e. The first-order chi connectivity index (χ1) is 30.9. The molecule has 25 nitrogen and oxygen atoms in total. The first-order valence-corrected chi connectivity index (χ1v) is 21.3. The molecule has 1 saturated heterocycles. The predicted molar refractivity (Wildman–Crippen MR) is 231 cm³/mol. The third kappa shape index (κ3) is 17.9. The number of primary amides is 2. The molecule has 10 atom stereocenters. The van der Waals surface area contributed by atoms with Gasteiger partial charge in [0.2, 0.25) is 53.2 Å². The number of nitrogens with two attached hydrogens (primary N) is 3. The normalized spacial score (nSPS) is 17.6. The summed E-state index contributed by atoms with van der Waals surface area (Å²) < 4.78 is 0. The summed E-state index contributed by atoms with van der Waals surface area (Å²) in [6.07, 6.45) is -4.18. The number of aliphatic carboxylic acids is 1. The zero-order valence-corrected chi connectivity index (χ0v) is 37.2. The van der Waals surface area contributed by atoms with Crippen LogP contribution in [0, 0.1) is 5.92 Å². The van der Waals surface area contributed by atoms with Crippen LogP contribution in [0.3, 0.4) is 0 Å². The number of nitrogens with one attached hydrogen (secondary N) is 6. The number of phenolic OH excluding ortho intramolecular Hbond substituents is 1. The van der Waals surface area contributed by atoms with Gasteiger partial charge in [0, 0.05) is 25.8 Å². The third-order valence-corrected chi connectivity index (χ3v) is 10.4. The van der Waals surface area contributed by atoms with Crippen LogP contribution in [-0.4, -0.2) is 163 Å². The van der Waals surface area contributed by atoms with E-state index in [2.05, 4.69) is 31.9 Å². The van der Waals surface area contributed by atoms with Gasteiger partial charge in [-0.05, 0) is 69.6 Å². The number of likely N-dealkylation sites (tertiary alicyclic amines) is 1. The van der Waals surface area contributed by atoms with Crippen molar-refractivity contribution in [3.05, 3.63) is 29.8 Å². The van der Waals surface area contributed by atoms with Crippen molar-refractivity contribution >= 4 is 59.1 Å². The molecular weight excluding hydrogens is 873 g/mol. The molecule has 66 heavy (non-hydrogen) atoms. The lowest BCUT2D eigenvalue weighted by Crippen LogP contribution is -2.62. The van der Waals surface area contributed by atoms with E-state index in [0.717, 1.165) is 6.92 Å². The molecule has 0 bridgehead atoms. The van der Waals surface area contributed by atoms with Gasteiger partial charge < -0.3 is 79.5 Å². The highest BCUT2D eigenvalue weighted by atomic mass is 16.4. The zero-order valence-electron chi connectivity index (χ0n) is 37.2. The Balaban J connectivity index is 2.36. The Morgan fingerprint density at radius 3 is 1.73 bits per heavy atom. The standard InChI is InChI=1S/C41H64N10O15/c1-19(2)16-27(40(64)51-15-5-6-29(51)38(62)50-33(21(4)54)41(65)66)47-37(61)28(18-52)48-36(60)26(17-22-7-9-23(55)10-8-22)46-39(63)32(20(3)53)49-35(59)25(12-14-31(44)57)45-34(58)24(42)11-13-30(43)56/h7-10,19-21,24-29,32-33,52-55H,5-6,11-18,42H2,1-4H3,(H2,43,56)(H2,44,57)(H,45,58)(H,46,63)(H,47,61)(H,48,60)(H,49,59)(H,50,62)(H,65,66)/t20-,21-,24+,25+,26+,27+,28+,29+,32+,33+/m1/s1. The molecule has 1 fully saturated rings. The van der Waals surface area contributed by atoms with Crippen LogP contribution >= 0.6 is 0 Å². The summed E-state index contributed by atoms with van der Waals surface area (Å²) in [7, 11) is 0. The van der Waals surface area contributed by atoms with Crippen molar-refractivity contribution in [3.63, 3.8) is 0 Å². The Kier molecular flexibility index (Phi) is 22.4. The molecular formula is C41H64N10O15. The Morgan fingerprint density at radius 1 is 0.682 bits per heavy atom. The van der Waals surface area contributed by atoms with E-state index in [1.165, 1.54) is 36.1 Å². The molecule has 0 aromatic heterocycles. The number of rotatable bonds is 27. The number of carboxylic acid groups (broad SMARTS) is 1. The average Bonchev–Trinajstić information content (AvgIpc) is 3.73. The van der Waals surface area contributed by atoms with Gasteiger partial charge in [0.15, 0.2) is 6.04 Å². The molecule has 9 amide bonds. The second-order valence-corrected chi connectivity index (χ2v) is 16.5. The Bertz CT molecular complexity index is 1900. The number of aliphatic hydroxyl groups is 3. The maximum Gasteiger partial charge on any atom is 0.328 e. The Labute approximate surface area is 380 Å². The van der Waals surface area contributed by atoms with Crippen molar-refractivity contribution in [3.8, 4) is 5.75 Å². The number of amides is 9. The lowest BCUT2D eigenvalue weighted by molar-refractivity contribution is -0.147. The van der Waals surface area contributed by atoms with Gasteiger partial charge in [-0.3, -0.25) is 43.2 Å². The average molecular weight is 937 g/mol. The second-order valence-electron chi connectivity index (χ2n) is 16.5. The summed E-state index contributed by atoms with van der Waals surface area (Å²) >= 11 is 0. The van der Waals surface area contributed by atoms with Crippen molar-refractivity contribution in [2.24, 2.45) is 23.1 Å². The Morgan fingerprint density at radius 2 is 1.20 bits per heavy atom. The molecule has 0 saturated carbocycles. The number of benzene rings is 1. The summed E-state index contributed by atoms with van der Waals surface area (Å²) in [6.45, 7) is 4.82. The summed E-state index contributed by atoms with van der Waals surface area (Å²) in [6, 6.07) is -6.79. The largest absolute Gasteiger partial charge is 0.508 e. The number of carbonyl (C=O) groups excluding carboxylic acids is 9. The van der Waals surface area contributed by atoms with E-state index < -0.39 is 133 Å². The highest BCUT2D eigenvalue weighted by Gasteiger charge is 2.41. The number of hydrogen-bond donors (Lipinski definition) is 14. The van der Waals surface area contributed by atoms with Gasteiger partial charge in [-0.15, -0.1) is 0 Å². The third-order valence-electron chi connectivity index (χ3n) is 10.4. The van der Waals surface area contributed by atoms with Crippen LogP contribution in [0.1, 0.15) is 78.2 Å². The van der Waals surface area contributed by atoms with Gasteiger partial charge >= 0.3 is 5.97 Å². The monoisotopic (exact) mass is 936 g/mol. The SMILES string of the molecule is CC(C)C[C@H](NC(=O)[C@H](CO)NC(=O)[C@H](Cc1ccc(O)cc1)NC(=O)[C@@H](NC(=O)[C@H](CCC(N)=O)NC(=O)[C@@H](N)CCC(N)=O)[C@@H](C)O)C(=O)N1CCC[C@H]1C(=O)N[C@H](C(=O)O)[C@@H](C)O. The van der Waals surface area contributed by atoms with Crippen LogP contribution in [0.5, 0.6) is 5.75 Å². The van der Waals surface area contributed by atoms with Crippen LogP contribution in [0.4, 0.5) is 0 Å². The molecule has 0 spiro atoms. The van der Waals surface area contributed by atoms with E-state index in [-0.39, 0.29) is 56.7 Å². The van der Waals surface area contributed by atoms with Crippen molar-refractivity contribution in [2.45, 2.75) is 140 Å². The maximum absolute atomic E-state index is 14.0. The molecule has 0 radical (unpaired) electrons. The van der Waals surface area contributed by atoms with Crippen LogP contribution < -0.4 is 49.1 Å². The van der Waals surface area contributed by atoms with E-state index in [0.29, 0.717) is 12.0 Å². The number of carbonyl (C=O) groups is 10. The molecule has 1 aliphatic rings. The molecule has 0 aliphatic carbocycles. The van der Waals surface area contributed by atoms with E-state index >= 15 is 0 Å². The fourth-order valence-corrected chi connectivity index (χ4v) is 6.83. The summed E-state index contributed by atoms with van der Waals surface area (Å²) in [5.41, 5.74) is 16.5. The fourth-order valence-electron chi connectivity index (χ4n) is 6.83. The summed E-state index contributed by atoms with van der Waals surface area (Å²) in [4.78, 5) is 130. The van der Waals surface area contributed by atoms with E-state index in [9.17, 15) is 73.5 Å². The molecule has 1 aromatic carbocycles. The number of aromatic hydroxyl groups is 1. The highest BCUT2D eigenvalue weighted by Crippen LogP contribution is 2.21. The van der Waals surface area contributed by atoms with E-state index in [1.807, 2.05) is 0 Å². The first-order valence-electron chi connectivity index (χ1n) is 21.3. The lowest BCUT2D eigenvalue weighted by Gasteiger charge is -2.31. The minimum atomic E-state index is -1.83. The van der Waals surface area contributed by atoms with Crippen LogP contribution in [-0.2, 0) is 54.4 Å². The molecule has 0 unspecified atom stereocenters. The molecule has 1 heterocycles. The van der Waals surface area contributed by atoms with E-state index in [4.69, 9.17) is 17.2 Å². The van der Waals surface area contributed by atoms with Crippen molar-refractivity contribution in [1.82, 2.24) is 36.8 Å². The molecule has 17 N–H and O–H groups in total. The molecule has 2 rings (SSSR count). The smallest absolute Gasteiger partial charge is 0.328 e. The Hall–Kier alpha value is -6.44. The van der Waals surface area contributed by atoms with Crippen LogP contribution in [0.15, 0.2) is 24.3 Å². The topological polar surface area (TPSA) is 425 Å². The van der Waals surface area contributed by atoms with E-state index in [1.54, 1.807) is 13.8 Å². The number of nitrogens with zero attached hydrogens (tertiary/aromatic N) is 1. The highest BCUT2D eigenvalue weighted by molar-refractivity contribution is 5.98. The first kappa shape index (κ1) is 55.7. The number of hydrogen-bond acceptors (Lipinski definition) is 15. The minimum absolute atomic E-state index is 0.0219.